The van der Waals surface area contributed by atoms with E-state index >= 15 is 0 Å². The average molecular weight is 1390 g/mol. The molecule has 27 nitrogen and oxygen atoms in total. The largest absolute Gasteiger partial charge is 0.332 e. The van der Waals surface area contributed by atoms with Crippen molar-refractivity contribution in [2.24, 2.45) is 0 Å². The van der Waals surface area contributed by atoms with E-state index in [0.29, 0.717) is 102 Å². The molecule has 0 N–H and O–H groups in total. The highest BCUT2D eigenvalue weighted by molar-refractivity contribution is 5.06. The summed E-state index contributed by atoms with van der Waals surface area (Å²) in [7, 11) is 0. The van der Waals surface area contributed by atoms with Gasteiger partial charge in [0.15, 0.2) is 11.6 Å². The van der Waals surface area contributed by atoms with Crippen LogP contribution in [0.1, 0.15) is 410 Å². The summed E-state index contributed by atoms with van der Waals surface area (Å²) in [5, 5.41) is 54.9. The van der Waals surface area contributed by atoms with Crippen LogP contribution in [-0.2, 0) is 5.41 Å². The van der Waals surface area contributed by atoms with Gasteiger partial charge in [0.1, 0.15) is 42.3 Å². The molecule has 9 aromatic rings. The lowest BCUT2D eigenvalue weighted by molar-refractivity contribution is 0.436. The summed E-state index contributed by atoms with van der Waals surface area (Å²) in [4.78, 5) is 16.9. The van der Waals surface area contributed by atoms with Crippen LogP contribution in [0.5, 0.6) is 0 Å². The monoisotopic (exact) mass is 1390 g/mol. The number of hydrogen-bond acceptors (Lipinski definition) is 18. The molecule has 0 spiro atoms. The second kappa shape index (κ2) is 43.8. The maximum atomic E-state index is 4.30. The lowest BCUT2D eigenvalue weighted by Gasteiger charge is -2.20. The Morgan fingerprint density at radius 2 is 0.670 bits per heavy atom. The molecular formula is C73H137N27. The normalized spacial score (nSPS) is 11.6. The third kappa shape index (κ3) is 29.5. The summed E-state index contributed by atoms with van der Waals surface area (Å²) < 4.78 is 18.1. The SMILES string of the molecule is CC(C)c1cncn1C(C)C.CC(C)c1cnnn1C(C)C.CC(C)c1cnnn1C(C)C.CC(C)c1nccn1C(C)C.CC(C)c1ncnn1C(C)C.CC(C)c1nncn1C(C)C.CC(C)c1nnnn1C(C)C.CC(C)c1nnnn1C(C)C.CC(C)n1ncnc1C(C)(C)C. The summed E-state index contributed by atoms with van der Waals surface area (Å²) in [5.41, 5.74) is 3.82. The van der Waals surface area contributed by atoms with Crippen LogP contribution >= 0.6 is 0 Å². The summed E-state index contributed by atoms with van der Waals surface area (Å²) in [5.74, 6) is 10.1. The quantitative estimate of drug-likeness (QED) is 0.0819. The molecule has 0 aliphatic heterocycles. The molecule has 9 heterocycles. The fourth-order valence-corrected chi connectivity index (χ4v) is 9.73. The summed E-state index contributed by atoms with van der Waals surface area (Å²) in [6.07, 6.45) is 16.5. The molecule has 9 rings (SSSR count). The second-order valence-electron chi connectivity index (χ2n) is 31.1. The van der Waals surface area contributed by atoms with E-state index in [1.54, 1.807) is 19.0 Å². The zero-order valence-corrected chi connectivity index (χ0v) is 69.1. The molecule has 0 aliphatic rings. The van der Waals surface area contributed by atoms with Crippen LogP contribution in [0, 0.1) is 0 Å². The molecule has 0 aliphatic carbocycles. The van der Waals surface area contributed by atoms with E-state index in [1.807, 2.05) is 65.4 Å². The van der Waals surface area contributed by atoms with E-state index < -0.39 is 0 Å². The number of imidazole rings is 2. The van der Waals surface area contributed by atoms with Gasteiger partial charge in [0.2, 0.25) is 0 Å². The Kier molecular flexibility index (Phi) is 39.6. The van der Waals surface area contributed by atoms with Gasteiger partial charge in [-0.15, -0.1) is 30.6 Å². The Morgan fingerprint density at radius 3 is 0.950 bits per heavy atom. The highest BCUT2D eigenvalue weighted by atomic mass is 15.6. The number of nitrogens with zero attached hydrogens (tertiary/aromatic N) is 27. The number of hydrogen-bond donors (Lipinski definition) is 0. The Balaban J connectivity index is 0.000000563. The van der Waals surface area contributed by atoms with Gasteiger partial charge in [-0.25, -0.2) is 48.0 Å². The molecule has 0 unspecified atom stereocenters. The molecule has 9 aromatic heterocycles. The molecule has 0 fully saturated rings. The van der Waals surface area contributed by atoms with Crippen molar-refractivity contribution in [2.45, 2.75) is 363 Å². The van der Waals surface area contributed by atoms with Crippen molar-refractivity contribution in [1.82, 2.24) is 134 Å². The van der Waals surface area contributed by atoms with Crippen molar-refractivity contribution in [3.05, 3.63) is 108 Å². The molecule has 0 saturated carbocycles. The van der Waals surface area contributed by atoms with Gasteiger partial charge >= 0.3 is 0 Å². The van der Waals surface area contributed by atoms with E-state index in [0.717, 1.165) is 29.1 Å². The van der Waals surface area contributed by atoms with Crippen LogP contribution in [0.3, 0.4) is 0 Å². The molecule has 0 amide bonds. The summed E-state index contributed by atoms with van der Waals surface area (Å²) in [6, 6.07) is 3.83. The maximum Gasteiger partial charge on any atom is 0.154 e. The minimum absolute atomic E-state index is 0.0841. The third-order valence-corrected chi connectivity index (χ3v) is 15.0. The van der Waals surface area contributed by atoms with E-state index in [4.69, 9.17) is 0 Å². The number of rotatable bonds is 17. The minimum atomic E-state index is 0.0841. The van der Waals surface area contributed by atoms with Crippen LogP contribution in [0.25, 0.3) is 0 Å². The Hall–Kier alpha value is -7.74. The Labute approximate surface area is 602 Å². The summed E-state index contributed by atoms with van der Waals surface area (Å²) >= 11 is 0. The number of aromatic nitrogens is 27. The van der Waals surface area contributed by atoms with Gasteiger partial charge in [-0.1, -0.05) is 142 Å². The van der Waals surface area contributed by atoms with E-state index in [1.165, 1.54) is 22.9 Å². The predicted octanol–water partition coefficient (Wildman–Crippen LogP) is 18.0. The van der Waals surface area contributed by atoms with Crippen LogP contribution in [0.15, 0.2) is 56.3 Å². The van der Waals surface area contributed by atoms with Crippen molar-refractivity contribution in [3.63, 3.8) is 0 Å². The van der Waals surface area contributed by atoms with Crippen LogP contribution in [0.2, 0.25) is 0 Å². The van der Waals surface area contributed by atoms with Crippen molar-refractivity contribution < 1.29 is 0 Å². The fraction of sp³-hybridized carbons (Fsp3) is 0.753. The topological polar surface area (TPSA) is 276 Å². The first-order chi connectivity index (χ1) is 46.4. The van der Waals surface area contributed by atoms with Crippen LogP contribution in [0.4, 0.5) is 0 Å². The molecule has 27 heteroatoms. The highest BCUT2D eigenvalue weighted by Gasteiger charge is 2.22. The zero-order chi connectivity index (χ0) is 76.8. The van der Waals surface area contributed by atoms with Crippen molar-refractivity contribution in [3.8, 4) is 0 Å². The van der Waals surface area contributed by atoms with E-state index in [9.17, 15) is 0 Å². The predicted molar refractivity (Wildman–Crippen MR) is 405 cm³/mol. The molecule has 0 aromatic carbocycles. The van der Waals surface area contributed by atoms with Crippen LogP contribution < -0.4 is 0 Å². The fourth-order valence-electron chi connectivity index (χ4n) is 9.73. The highest BCUT2D eigenvalue weighted by Crippen LogP contribution is 2.24. The van der Waals surface area contributed by atoms with E-state index in [2.05, 4.69) is 362 Å². The average Bonchev–Trinajstić information content (AvgIpc) is 1.64. The summed E-state index contributed by atoms with van der Waals surface area (Å²) in [6.45, 7) is 78.8. The Bertz CT molecular complexity index is 2720. The maximum absolute atomic E-state index is 4.30. The lowest BCUT2D eigenvalue weighted by atomic mass is 9.95. The molecular weight excluding hydrogens is 1250 g/mol. The van der Waals surface area contributed by atoms with Crippen molar-refractivity contribution in [1.29, 1.82) is 0 Å². The lowest BCUT2D eigenvalue weighted by Crippen LogP contribution is -2.20. The molecule has 0 atom stereocenters. The van der Waals surface area contributed by atoms with Gasteiger partial charge in [-0.3, -0.25) is 0 Å². The second-order valence-corrected chi connectivity index (χ2v) is 31.1. The van der Waals surface area contributed by atoms with Gasteiger partial charge in [0.05, 0.1) is 42.2 Å². The molecule has 0 radical (unpaired) electrons. The standard InChI is InChI=1S/C9H17N3.2C9H16N2.4C8H15N3.2C7H14N4/c1-7(2)12-8(9(3,4)5)10-6-11-12;1-7(2)9-5-10-6-11(9)8(3)4;1-7(2)9-10-5-6-11(9)8(3)4;1-6(2)8-10-9-5-11(8)7(3)4;1-6(2)8-9-5-10-11(8)7(3)4;2*1-6(2)8-5-9-10-11(8)7(3)4;2*1-5(2)7-8-9-10-11(7)6(3)4/h6-7H,1-5H3;2*5-8H,1-4H3;4*5-7H,1-4H3;2*5-6H,1-4H3. The minimum Gasteiger partial charge on any atom is -0.332 e. The van der Waals surface area contributed by atoms with Gasteiger partial charge in [0.25, 0.3) is 0 Å². The van der Waals surface area contributed by atoms with Crippen molar-refractivity contribution in [2.75, 3.05) is 0 Å². The molecule has 0 bridgehead atoms. The first-order valence-electron chi connectivity index (χ1n) is 36.5. The van der Waals surface area contributed by atoms with E-state index in [-0.39, 0.29) is 5.41 Å². The first-order valence-corrected chi connectivity index (χ1v) is 36.5. The van der Waals surface area contributed by atoms with Gasteiger partial charge in [-0.2, -0.15) is 10.2 Å². The molecule has 0 saturated heterocycles. The van der Waals surface area contributed by atoms with Crippen molar-refractivity contribution >= 4 is 0 Å². The van der Waals surface area contributed by atoms with Gasteiger partial charge in [-0.05, 0) is 163 Å². The zero-order valence-electron chi connectivity index (χ0n) is 69.1. The molecule has 100 heavy (non-hydrogen) atoms. The Morgan fingerprint density at radius 1 is 0.290 bits per heavy atom. The first kappa shape index (κ1) is 90.3. The molecule has 564 valence electrons. The smallest absolute Gasteiger partial charge is 0.154 e. The van der Waals surface area contributed by atoms with Gasteiger partial charge in [0, 0.05) is 102 Å². The third-order valence-electron chi connectivity index (χ3n) is 15.0. The van der Waals surface area contributed by atoms with Crippen LogP contribution in [-0.4, -0.2) is 134 Å². The number of tetrazole rings is 2. The van der Waals surface area contributed by atoms with Gasteiger partial charge < -0.3 is 13.7 Å².